The lowest BCUT2D eigenvalue weighted by molar-refractivity contribution is -0.348. The first-order chi connectivity index (χ1) is 25.8. The van der Waals surface area contributed by atoms with E-state index in [-0.39, 0.29) is 49.2 Å². The highest BCUT2D eigenvalue weighted by atomic mass is 19.4. The average molecular weight is 797 g/mol. The molecule has 302 valence electrons. The zero-order valence-electron chi connectivity index (χ0n) is 29.4. The van der Waals surface area contributed by atoms with E-state index in [1.54, 1.807) is 36.4 Å². The molecule has 0 unspecified atom stereocenters. The van der Waals surface area contributed by atoms with Gasteiger partial charge in [0.05, 0.1) is 24.3 Å². The number of hydrogen-bond donors (Lipinski definition) is 0. The standard InChI is InChI=1S/C38H38F10O7/c1-2-3-4-7-10-31(36(41,42)43)55-33(50)28-17-21-30(22-18-28)54-32(49)27-13-11-25(12-14-27)26-15-19-29(20-16-26)52-23-8-5-6-9-24-53-34(51)35(39,40)37(44,45)38(46,47)48/h11-22,31H,2-10,23-24H2,1H3/t31-/m1/s1. The van der Waals surface area contributed by atoms with Gasteiger partial charge in [-0.1, -0.05) is 50.5 Å². The summed E-state index contributed by atoms with van der Waals surface area (Å²) in [5.74, 6) is -16.9. The van der Waals surface area contributed by atoms with Crippen LogP contribution in [0.1, 0.15) is 85.4 Å². The summed E-state index contributed by atoms with van der Waals surface area (Å²) in [7, 11) is 0. The van der Waals surface area contributed by atoms with E-state index in [1.807, 2.05) is 6.92 Å². The van der Waals surface area contributed by atoms with E-state index in [2.05, 4.69) is 4.74 Å². The molecule has 0 radical (unpaired) electrons. The molecule has 0 spiro atoms. The second kappa shape index (κ2) is 19.7. The van der Waals surface area contributed by atoms with Crippen LogP contribution < -0.4 is 9.47 Å². The minimum absolute atomic E-state index is 0.0492. The van der Waals surface area contributed by atoms with Crippen molar-refractivity contribution in [1.82, 2.24) is 0 Å². The summed E-state index contributed by atoms with van der Waals surface area (Å²) in [4.78, 5) is 36.2. The Morgan fingerprint density at radius 1 is 0.582 bits per heavy atom. The molecule has 55 heavy (non-hydrogen) atoms. The van der Waals surface area contributed by atoms with Crippen LogP contribution in [-0.4, -0.2) is 61.4 Å². The summed E-state index contributed by atoms with van der Waals surface area (Å²) >= 11 is 0. The third-order valence-corrected chi connectivity index (χ3v) is 8.09. The zero-order chi connectivity index (χ0) is 40.9. The van der Waals surface area contributed by atoms with Crippen molar-refractivity contribution in [2.75, 3.05) is 13.2 Å². The van der Waals surface area contributed by atoms with Crippen molar-refractivity contribution in [2.45, 2.75) is 95.0 Å². The first-order valence-corrected chi connectivity index (χ1v) is 17.2. The molecule has 0 saturated carbocycles. The number of carbonyl (C=O) groups excluding carboxylic acids is 3. The fourth-order valence-electron chi connectivity index (χ4n) is 4.92. The fourth-order valence-corrected chi connectivity index (χ4v) is 4.92. The van der Waals surface area contributed by atoms with Crippen molar-refractivity contribution >= 4 is 17.9 Å². The highest BCUT2D eigenvalue weighted by Crippen LogP contribution is 2.47. The van der Waals surface area contributed by atoms with Gasteiger partial charge < -0.3 is 18.9 Å². The van der Waals surface area contributed by atoms with Crippen LogP contribution in [-0.2, 0) is 14.3 Å². The molecule has 0 aliphatic heterocycles. The lowest BCUT2D eigenvalue weighted by atomic mass is 10.0. The van der Waals surface area contributed by atoms with E-state index in [0.717, 1.165) is 24.0 Å². The monoisotopic (exact) mass is 796 g/mol. The molecular weight excluding hydrogens is 758 g/mol. The van der Waals surface area contributed by atoms with Gasteiger partial charge in [0, 0.05) is 0 Å². The number of unbranched alkanes of at least 4 members (excludes halogenated alkanes) is 6. The lowest BCUT2D eigenvalue weighted by Crippen LogP contribution is -2.56. The molecule has 0 bridgehead atoms. The Bertz CT molecular complexity index is 1670. The summed E-state index contributed by atoms with van der Waals surface area (Å²) in [5, 5.41) is 0. The topological polar surface area (TPSA) is 88.1 Å². The number of benzene rings is 3. The van der Waals surface area contributed by atoms with Crippen molar-refractivity contribution in [3.8, 4) is 22.6 Å². The molecule has 3 aromatic carbocycles. The van der Waals surface area contributed by atoms with Gasteiger partial charge in [-0.25, -0.2) is 14.4 Å². The summed E-state index contributed by atoms with van der Waals surface area (Å²) in [6, 6.07) is 18.2. The second-order valence-corrected chi connectivity index (χ2v) is 12.3. The predicted octanol–water partition coefficient (Wildman–Crippen LogP) is 10.9. The Morgan fingerprint density at radius 2 is 1.07 bits per heavy atom. The Balaban J connectivity index is 1.40. The molecule has 3 aromatic rings. The second-order valence-electron chi connectivity index (χ2n) is 12.3. The molecule has 0 fully saturated rings. The summed E-state index contributed by atoms with van der Waals surface area (Å²) in [6.45, 7) is 1.39. The molecule has 0 aliphatic carbocycles. The Hall–Kier alpha value is -4.83. The maximum absolute atomic E-state index is 13.4. The van der Waals surface area contributed by atoms with Crippen LogP contribution in [0.4, 0.5) is 43.9 Å². The fraction of sp³-hybridized carbons (Fsp3) is 0.447. The first-order valence-electron chi connectivity index (χ1n) is 17.2. The van der Waals surface area contributed by atoms with Crippen LogP contribution in [0.5, 0.6) is 11.5 Å². The SMILES string of the molecule is CCCCCC[C@@H](OC(=O)c1ccc(OC(=O)c2ccc(-c3ccc(OCCCCCCOC(=O)C(F)(F)C(F)(F)C(F)(F)F)cc3)cc2)cc1)C(F)(F)F. The number of halogens is 10. The third-order valence-electron chi connectivity index (χ3n) is 8.09. The van der Waals surface area contributed by atoms with Gasteiger partial charge in [0.2, 0.25) is 0 Å². The molecule has 1 atom stereocenters. The van der Waals surface area contributed by atoms with E-state index in [0.29, 0.717) is 25.0 Å². The molecule has 0 N–H and O–H groups in total. The normalized spacial score (nSPS) is 12.9. The smallest absolute Gasteiger partial charge is 0.460 e. The van der Waals surface area contributed by atoms with Crippen molar-refractivity contribution in [3.05, 3.63) is 83.9 Å². The summed E-state index contributed by atoms with van der Waals surface area (Å²) in [5.41, 5.74) is 1.58. The van der Waals surface area contributed by atoms with Gasteiger partial charge in [-0.3, -0.25) is 0 Å². The maximum Gasteiger partial charge on any atom is 0.460 e. The quantitative estimate of drug-likeness (QED) is 0.0487. The number of rotatable bonds is 20. The van der Waals surface area contributed by atoms with Crippen molar-refractivity contribution in [1.29, 1.82) is 0 Å². The van der Waals surface area contributed by atoms with E-state index in [4.69, 9.17) is 14.2 Å². The summed E-state index contributed by atoms with van der Waals surface area (Å²) < 4.78 is 149. The van der Waals surface area contributed by atoms with Crippen LogP contribution in [0.15, 0.2) is 72.8 Å². The van der Waals surface area contributed by atoms with Crippen LogP contribution in [0.3, 0.4) is 0 Å². The molecule has 3 rings (SSSR count). The minimum Gasteiger partial charge on any atom is -0.494 e. The largest absolute Gasteiger partial charge is 0.494 e. The Kier molecular flexibility index (Phi) is 15.9. The van der Waals surface area contributed by atoms with Crippen LogP contribution >= 0.6 is 0 Å². The van der Waals surface area contributed by atoms with Gasteiger partial charge in [0.1, 0.15) is 11.5 Å². The Morgan fingerprint density at radius 3 is 1.62 bits per heavy atom. The van der Waals surface area contributed by atoms with Gasteiger partial charge >= 0.3 is 42.1 Å². The molecular formula is C38H38F10O7. The van der Waals surface area contributed by atoms with Gasteiger partial charge in [-0.05, 0) is 98.2 Å². The van der Waals surface area contributed by atoms with Crippen LogP contribution in [0.2, 0.25) is 0 Å². The minimum atomic E-state index is -6.63. The zero-order valence-corrected chi connectivity index (χ0v) is 29.4. The number of esters is 3. The van der Waals surface area contributed by atoms with Gasteiger partial charge in [-0.15, -0.1) is 0 Å². The molecule has 7 nitrogen and oxygen atoms in total. The van der Waals surface area contributed by atoms with E-state index >= 15 is 0 Å². The number of hydrogen-bond acceptors (Lipinski definition) is 7. The summed E-state index contributed by atoms with van der Waals surface area (Å²) in [6.07, 6.45) is -10.3. The lowest BCUT2D eigenvalue weighted by Gasteiger charge is -2.26. The van der Waals surface area contributed by atoms with E-state index in [1.165, 1.54) is 36.4 Å². The van der Waals surface area contributed by atoms with Gasteiger partial charge in [0.15, 0.2) is 6.10 Å². The van der Waals surface area contributed by atoms with Gasteiger partial charge in [-0.2, -0.15) is 43.9 Å². The average Bonchev–Trinajstić information content (AvgIpc) is 3.13. The highest BCUT2D eigenvalue weighted by Gasteiger charge is 2.77. The first kappa shape index (κ1) is 44.6. The van der Waals surface area contributed by atoms with E-state index < -0.39 is 54.8 Å². The molecule has 0 aromatic heterocycles. The van der Waals surface area contributed by atoms with E-state index in [9.17, 15) is 58.3 Å². The van der Waals surface area contributed by atoms with Gasteiger partial charge in [0.25, 0.3) is 0 Å². The molecule has 0 amide bonds. The number of alkyl halides is 10. The molecule has 0 saturated heterocycles. The molecule has 0 heterocycles. The molecule has 0 aliphatic rings. The highest BCUT2D eigenvalue weighted by molar-refractivity contribution is 5.92. The number of carbonyl (C=O) groups is 3. The van der Waals surface area contributed by atoms with Crippen molar-refractivity contribution < 1.29 is 77.2 Å². The number of ether oxygens (including phenoxy) is 4. The van der Waals surface area contributed by atoms with Crippen LogP contribution in [0, 0.1) is 0 Å². The maximum atomic E-state index is 13.4. The third kappa shape index (κ3) is 12.9. The van der Waals surface area contributed by atoms with Crippen molar-refractivity contribution in [2.24, 2.45) is 0 Å². The van der Waals surface area contributed by atoms with Crippen molar-refractivity contribution in [3.63, 3.8) is 0 Å². The predicted molar refractivity (Wildman–Crippen MR) is 178 cm³/mol. The molecule has 17 heteroatoms. The Labute approximate surface area is 309 Å². The van der Waals surface area contributed by atoms with Crippen LogP contribution in [0.25, 0.3) is 11.1 Å².